The highest BCUT2D eigenvalue weighted by atomic mass is 16.5. The number of aryl methyl sites for hydroxylation is 3. The third-order valence-electron chi connectivity index (χ3n) is 5.47. The normalized spacial score (nSPS) is 19.2. The van der Waals surface area contributed by atoms with Crippen molar-refractivity contribution in [3.05, 3.63) is 76.7 Å². The van der Waals surface area contributed by atoms with Gasteiger partial charge < -0.3 is 19.1 Å². The standard InChI is InChI=1S/C24H28N2O4/c1-16-4-7-22(10-17(16)2)29-24-14-26(13-23(24)27)12-19-5-8-21(9-6-19)28-15-20-11-18(3)30-25-20/h4-11,23-24,27H,12-15H2,1-3H3/t23-,24-/m0/s1. The molecule has 6 nitrogen and oxygen atoms in total. The molecule has 0 amide bonds. The van der Waals surface area contributed by atoms with E-state index in [1.54, 1.807) is 0 Å². The molecular weight excluding hydrogens is 380 g/mol. The third-order valence-corrected chi connectivity index (χ3v) is 5.47. The molecule has 3 aromatic rings. The molecule has 0 unspecified atom stereocenters. The van der Waals surface area contributed by atoms with Crippen molar-refractivity contribution in [2.75, 3.05) is 13.1 Å². The van der Waals surface area contributed by atoms with Crippen LogP contribution < -0.4 is 9.47 Å². The first-order valence-electron chi connectivity index (χ1n) is 10.2. The quantitative estimate of drug-likeness (QED) is 0.641. The van der Waals surface area contributed by atoms with Crippen LogP contribution >= 0.6 is 0 Å². The largest absolute Gasteiger partial charge is 0.487 e. The van der Waals surface area contributed by atoms with Gasteiger partial charge in [0.15, 0.2) is 0 Å². The van der Waals surface area contributed by atoms with Crippen LogP contribution in [0.5, 0.6) is 11.5 Å². The van der Waals surface area contributed by atoms with Gasteiger partial charge in [0.1, 0.15) is 41.8 Å². The zero-order valence-corrected chi connectivity index (χ0v) is 17.7. The van der Waals surface area contributed by atoms with E-state index >= 15 is 0 Å². The van der Waals surface area contributed by atoms with Crippen LogP contribution in [0.1, 0.15) is 28.1 Å². The molecule has 4 rings (SSSR count). The van der Waals surface area contributed by atoms with Crippen molar-refractivity contribution in [2.24, 2.45) is 0 Å². The lowest BCUT2D eigenvalue weighted by atomic mass is 10.1. The molecule has 158 valence electrons. The second kappa shape index (κ2) is 8.90. The van der Waals surface area contributed by atoms with Crippen LogP contribution in [0.3, 0.4) is 0 Å². The van der Waals surface area contributed by atoms with Gasteiger partial charge in [-0.25, -0.2) is 0 Å². The zero-order chi connectivity index (χ0) is 21.1. The molecule has 1 N–H and O–H groups in total. The van der Waals surface area contributed by atoms with E-state index in [2.05, 4.69) is 30.0 Å². The summed E-state index contributed by atoms with van der Waals surface area (Å²) in [5.41, 5.74) is 4.37. The fourth-order valence-corrected chi connectivity index (χ4v) is 3.63. The van der Waals surface area contributed by atoms with Gasteiger partial charge in [0.2, 0.25) is 0 Å². The van der Waals surface area contributed by atoms with Crippen molar-refractivity contribution >= 4 is 0 Å². The lowest BCUT2D eigenvalue weighted by Gasteiger charge is -2.18. The molecule has 2 heterocycles. The summed E-state index contributed by atoms with van der Waals surface area (Å²) >= 11 is 0. The van der Waals surface area contributed by atoms with E-state index in [0.29, 0.717) is 19.7 Å². The maximum absolute atomic E-state index is 10.4. The summed E-state index contributed by atoms with van der Waals surface area (Å²) in [7, 11) is 0. The molecular formula is C24H28N2O4. The molecule has 0 radical (unpaired) electrons. The Morgan fingerprint density at radius 2 is 1.77 bits per heavy atom. The highest BCUT2D eigenvalue weighted by Gasteiger charge is 2.33. The highest BCUT2D eigenvalue weighted by Crippen LogP contribution is 2.23. The first-order chi connectivity index (χ1) is 14.5. The molecule has 2 atom stereocenters. The molecule has 1 aliphatic rings. The van der Waals surface area contributed by atoms with Gasteiger partial charge in [0, 0.05) is 25.7 Å². The first-order valence-corrected chi connectivity index (χ1v) is 10.2. The van der Waals surface area contributed by atoms with Crippen LogP contribution in [0.2, 0.25) is 0 Å². The van der Waals surface area contributed by atoms with Crippen molar-refractivity contribution < 1.29 is 19.1 Å². The van der Waals surface area contributed by atoms with Crippen LogP contribution in [-0.4, -0.2) is 40.5 Å². The Hall–Kier alpha value is -2.83. The highest BCUT2D eigenvalue weighted by molar-refractivity contribution is 5.34. The third kappa shape index (κ3) is 5.01. The van der Waals surface area contributed by atoms with E-state index in [1.807, 2.05) is 49.4 Å². The lowest BCUT2D eigenvalue weighted by Crippen LogP contribution is -2.29. The van der Waals surface area contributed by atoms with E-state index < -0.39 is 6.10 Å². The fourth-order valence-electron chi connectivity index (χ4n) is 3.63. The molecule has 0 spiro atoms. The molecule has 1 aliphatic heterocycles. The number of nitrogens with zero attached hydrogens (tertiary/aromatic N) is 2. The number of likely N-dealkylation sites (tertiary alicyclic amines) is 1. The molecule has 6 heteroatoms. The SMILES string of the molecule is Cc1cc(COc2ccc(CN3C[C@H](Oc4ccc(C)c(C)c4)[C@@H](O)C3)cc2)no1. The summed E-state index contributed by atoms with van der Waals surface area (Å²) in [5.74, 6) is 2.38. The predicted octanol–water partition coefficient (Wildman–Crippen LogP) is 3.80. The van der Waals surface area contributed by atoms with Gasteiger partial charge in [-0.05, 0) is 61.7 Å². The van der Waals surface area contributed by atoms with E-state index in [0.717, 1.165) is 29.5 Å². The minimum atomic E-state index is -0.500. The van der Waals surface area contributed by atoms with Crippen molar-refractivity contribution in [3.63, 3.8) is 0 Å². The maximum atomic E-state index is 10.4. The van der Waals surface area contributed by atoms with Gasteiger partial charge in [-0.15, -0.1) is 0 Å². The summed E-state index contributed by atoms with van der Waals surface area (Å²) in [6.07, 6.45) is -0.722. The molecule has 0 saturated carbocycles. The number of rotatable bonds is 7. The average Bonchev–Trinajstić information content (AvgIpc) is 3.29. The van der Waals surface area contributed by atoms with Crippen molar-refractivity contribution in [1.29, 1.82) is 0 Å². The minimum absolute atomic E-state index is 0.222. The molecule has 30 heavy (non-hydrogen) atoms. The average molecular weight is 408 g/mol. The van der Waals surface area contributed by atoms with E-state index in [1.165, 1.54) is 16.7 Å². The first kappa shape index (κ1) is 20.4. The fraction of sp³-hybridized carbons (Fsp3) is 0.375. The Bertz CT molecular complexity index is 983. The smallest absolute Gasteiger partial charge is 0.138 e. The summed E-state index contributed by atoms with van der Waals surface area (Å²) in [5, 5.41) is 14.4. The Labute approximate surface area is 177 Å². The number of ether oxygens (including phenoxy) is 2. The minimum Gasteiger partial charge on any atom is -0.487 e. The number of hydrogen-bond donors (Lipinski definition) is 1. The zero-order valence-electron chi connectivity index (χ0n) is 17.7. The van der Waals surface area contributed by atoms with E-state index in [9.17, 15) is 5.11 Å². The Morgan fingerprint density at radius 1 is 1.00 bits per heavy atom. The van der Waals surface area contributed by atoms with Gasteiger partial charge >= 0.3 is 0 Å². The monoisotopic (exact) mass is 408 g/mol. The lowest BCUT2D eigenvalue weighted by molar-refractivity contribution is 0.0736. The number of hydrogen-bond acceptors (Lipinski definition) is 6. The summed E-state index contributed by atoms with van der Waals surface area (Å²) in [4.78, 5) is 2.21. The predicted molar refractivity (Wildman–Crippen MR) is 114 cm³/mol. The summed E-state index contributed by atoms with van der Waals surface area (Å²) < 4.78 is 16.9. The van der Waals surface area contributed by atoms with Crippen LogP contribution in [0.4, 0.5) is 0 Å². The topological polar surface area (TPSA) is 68.0 Å². The molecule has 1 saturated heterocycles. The number of benzene rings is 2. The Balaban J connectivity index is 1.29. The van der Waals surface area contributed by atoms with Gasteiger partial charge in [-0.3, -0.25) is 4.90 Å². The van der Waals surface area contributed by atoms with Crippen LogP contribution in [-0.2, 0) is 13.2 Å². The molecule has 1 aromatic heterocycles. The number of aliphatic hydroxyl groups excluding tert-OH is 1. The van der Waals surface area contributed by atoms with Crippen molar-refractivity contribution in [2.45, 2.75) is 46.1 Å². The molecule has 0 bridgehead atoms. The van der Waals surface area contributed by atoms with Crippen LogP contribution in [0, 0.1) is 20.8 Å². The van der Waals surface area contributed by atoms with Gasteiger partial charge in [-0.2, -0.15) is 0 Å². The van der Waals surface area contributed by atoms with Crippen LogP contribution in [0.25, 0.3) is 0 Å². The van der Waals surface area contributed by atoms with Gasteiger partial charge in [0.25, 0.3) is 0 Å². The number of aliphatic hydroxyl groups is 1. The summed E-state index contributed by atoms with van der Waals surface area (Å²) in [6, 6.07) is 15.9. The van der Waals surface area contributed by atoms with Gasteiger partial charge in [-0.1, -0.05) is 23.4 Å². The van der Waals surface area contributed by atoms with E-state index in [-0.39, 0.29) is 6.10 Å². The van der Waals surface area contributed by atoms with E-state index in [4.69, 9.17) is 14.0 Å². The molecule has 1 fully saturated rings. The van der Waals surface area contributed by atoms with Crippen molar-refractivity contribution in [3.8, 4) is 11.5 Å². The Kier molecular flexibility index (Phi) is 6.06. The molecule has 0 aliphatic carbocycles. The number of β-amino-alcohol motifs (C(OH)–C–C–N with tert-alkyl or cyclic N) is 1. The molecule has 2 aromatic carbocycles. The van der Waals surface area contributed by atoms with Crippen molar-refractivity contribution in [1.82, 2.24) is 10.1 Å². The Morgan fingerprint density at radius 3 is 2.47 bits per heavy atom. The second-order valence-corrected chi connectivity index (χ2v) is 8.03. The van der Waals surface area contributed by atoms with Crippen LogP contribution in [0.15, 0.2) is 53.1 Å². The second-order valence-electron chi connectivity index (χ2n) is 8.03. The maximum Gasteiger partial charge on any atom is 0.138 e. The summed E-state index contributed by atoms with van der Waals surface area (Å²) in [6.45, 7) is 8.44. The number of aromatic nitrogens is 1. The van der Waals surface area contributed by atoms with Gasteiger partial charge in [0.05, 0.1) is 0 Å².